The van der Waals surface area contributed by atoms with Gasteiger partial charge in [0.05, 0.1) is 34.1 Å². The molecule has 2 aromatic carbocycles. The number of rotatable bonds is 4. The van der Waals surface area contributed by atoms with Crippen LogP contribution >= 0.6 is 0 Å². The number of carbonyl (C=O) groups is 1. The van der Waals surface area contributed by atoms with Crippen LogP contribution < -0.4 is 4.90 Å². The molecule has 0 saturated heterocycles. The van der Waals surface area contributed by atoms with E-state index in [4.69, 9.17) is 0 Å². The smallest absolute Gasteiger partial charge is 0.337 e. The Kier molecular flexibility index (Phi) is 4.75. The predicted molar refractivity (Wildman–Crippen MR) is 114 cm³/mol. The molecule has 1 N–H and O–H groups in total. The summed E-state index contributed by atoms with van der Waals surface area (Å²) in [5, 5.41) is 21.0. The van der Waals surface area contributed by atoms with Gasteiger partial charge in [0.2, 0.25) is 0 Å². The third-order valence-corrected chi connectivity index (χ3v) is 4.96. The van der Waals surface area contributed by atoms with E-state index < -0.39 is 10.9 Å². The molecule has 1 aliphatic heterocycles. The zero-order chi connectivity index (χ0) is 21.4. The Morgan fingerprint density at radius 2 is 1.97 bits per heavy atom. The van der Waals surface area contributed by atoms with Crippen LogP contribution in [0.2, 0.25) is 0 Å². The number of nitrogens with zero attached hydrogens (tertiary/aromatic N) is 4. The van der Waals surface area contributed by atoms with E-state index >= 15 is 0 Å². The molecule has 0 fully saturated rings. The number of carboxylic acids is 1. The number of pyridine rings is 1. The quantitative estimate of drug-likeness (QED) is 0.491. The number of fused-ring (bicyclic) bond motifs is 1. The molecule has 150 valence electrons. The summed E-state index contributed by atoms with van der Waals surface area (Å²) < 4.78 is 0. The van der Waals surface area contributed by atoms with E-state index in [1.54, 1.807) is 24.4 Å². The third kappa shape index (κ3) is 3.28. The molecule has 3 aromatic rings. The number of anilines is 2. The van der Waals surface area contributed by atoms with Gasteiger partial charge in [-0.25, -0.2) is 4.79 Å². The summed E-state index contributed by atoms with van der Waals surface area (Å²) in [5.74, 6) is -1.08. The first kappa shape index (κ1) is 19.3. The average Bonchev–Trinajstić information content (AvgIpc) is 2.73. The Balaban J connectivity index is 2.01. The van der Waals surface area contributed by atoms with Crippen molar-refractivity contribution in [1.29, 1.82) is 0 Å². The second-order valence-corrected chi connectivity index (χ2v) is 7.04. The molecule has 1 aromatic heterocycles. The van der Waals surface area contributed by atoms with Crippen molar-refractivity contribution in [3.63, 3.8) is 0 Å². The maximum atomic E-state index is 11.8. The Bertz CT molecular complexity index is 1220. The molecule has 0 saturated carbocycles. The number of non-ortho nitro benzene ring substituents is 1. The van der Waals surface area contributed by atoms with Gasteiger partial charge in [-0.05, 0) is 43.7 Å². The first-order chi connectivity index (χ1) is 14.4. The molecule has 30 heavy (non-hydrogen) atoms. The summed E-state index contributed by atoms with van der Waals surface area (Å²) >= 11 is 0. The Morgan fingerprint density at radius 3 is 2.70 bits per heavy atom. The van der Waals surface area contributed by atoms with Crippen LogP contribution in [0.3, 0.4) is 0 Å². The molecule has 0 unspecified atom stereocenters. The predicted octanol–water partition coefficient (Wildman–Crippen LogP) is 4.91. The highest BCUT2D eigenvalue weighted by molar-refractivity contribution is 6.04. The first-order valence-electron chi connectivity index (χ1n) is 9.25. The molecule has 2 heterocycles. The van der Waals surface area contributed by atoms with E-state index in [0.717, 1.165) is 11.3 Å². The van der Waals surface area contributed by atoms with Gasteiger partial charge in [-0.2, -0.15) is 0 Å². The Morgan fingerprint density at radius 1 is 1.17 bits per heavy atom. The second kappa shape index (κ2) is 7.40. The van der Waals surface area contributed by atoms with Crippen molar-refractivity contribution in [1.82, 2.24) is 4.98 Å². The molecule has 0 spiro atoms. The van der Waals surface area contributed by atoms with E-state index in [0.29, 0.717) is 34.9 Å². The van der Waals surface area contributed by atoms with Gasteiger partial charge in [-0.1, -0.05) is 12.1 Å². The summed E-state index contributed by atoms with van der Waals surface area (Å²) in [5.41, 5.74) is 4.68. The van der Waals surface area contributed by atoms with Crippen LogP contribution in [0.15, 0.2) is 59.7 Å². The SMILES string of the molecule is CC1=Nc2ccc(C)c(-c3ncccc3C(=O)O)c2N(c2cccc([N+](=O)[O-])c2)C1. The van der Waals surface area contributed by atoms with E-state index in [9.17, 15) is 20.0 Å². The molecule has 0 bridgehead atoms. The standard InChI is InChI=1S/C22H18N4O4/c1-13-8-9-18-21(19(13)20-17(22(27)28)7-4-10-23-20)25(12-14(2)24-18)15-5-3-6-16(11-15)26(29)30/h3-11H,12H2,1-2H3,(H,27,28). The highest BCUT2D eigenvalue weighted by atomic mass is 16.6. The van der Waals surface area contributed by atoms with Crippen molar-refractivity contribution in [2.75, 3.05) is 11.4 Å². The number of aryl methyl sites for hydroxylation is 1. The summed E-state index contributed by atoms with van der Waals surface area (Å²) in [6.45, 7) is 4.18. The average molecular weight is 402 g/mol. The lowest BCUT2D eigenvalue weighted by Gasteiger charge is -2.32. The lowest BCUT2D eigenvalue weighted by molar-refractivity contribution is -0.384. The maximum absolute atomic E-state index is 11.8. The number of aliphatic imine (C=N–C) groups is 1. The minimum atomic E-state index is -1.08. The number of nitro benzene ring substituents is 1. The van der Waals surface area contributed by atoms with Crippen LogP contribution in [-0.2, 0) is 0 Å². The molecular weight excluding hydrogens is 384 g/mol. The third-order valence-electron chi connectivity index (χ3n) is 4.96. The fraction of sp³-hybridized carbons (Fsp3) is 0.136. The molecule has 8 nitrogen and oxygen atoms in total. The van der Waals surface area contributed by atoms with Gasteiger partial charge in [-0.3, -0.25) is 20.1 Å². The molecule has 0 amide bonds. The molecule has 0 aliphatic carbocycles. The van der Waals surface area contributed by atoms with Gasteiger partial charge in [0.15, 0.2) is 0 Å². The Hall–Kier alpha value is -4.07. The van der Waals surface area contributed by atoms with Crippen molar-refractivity contribution in [2.45, 2.75) is 13.8 Å². The summed E-state index contributed by atoms with van der Waals surface area (Å²) in [4.78, 5) is 33.6. The van der Waals surface area contributed by atoms with Crippen LogP contribution in [0.4, 0.5) is 22.7 Å². The van der Waals surface area contributed by atoms with Gasteiger partial charge in [0.25, 0.3) is 5.69 Å². The van der Waals surface area contributed by atoms with E-state index in [1.807, 2.05) is 30.9 Å². The minimum absolute atomic E-state index is 0.0209. The molecular formula is C22H18N4O4. The van der Waals surface area contributed by atoms with Crippen molar-refractivity contribution in [3.8, 4) is 11.3 Å². The lowest BCUT2D eigenvalue weighted by Crippen LogP contribution is -2.27. The summed E-state index contributed by atoms with van der Waals surface area (Å²) in [6.07, 6.45) is 1.55. The number of benzene rings is 2. The van der Waals surface area contributed by atoms with Crippen LogP contribution in [0.25, 0.3) is 11.3 Å². The van der Waals surface area contributed by atoms with E-state index in [2.05, 4.69) is 9.98 Å². The largest absolute Gasteiger partial charge is 0.478 e. The maximum Gasteiger partial charge on any atom is 0.337 e. The normalized spacial score (nSPS) is 12.9. The number of nitro groups is 1. The lowest BCUT2D eigenvalue weighted by atomic mass is 9.95. The zero-order valence-corrected chi connectivity index (χ0v) is 16.4. The van der Waals surface area contributed by atoms with E-state index in [-0.39, 0.29) is 11.3 Å². The van der Waals surface area contributed by atoms with Crippen LogP contribution in [0, 0.1) is 17.0 Å². The zero-order valence-electron chi connectivity index (χ0n) is 16.4. The number of hydrogen-bond donors (Lipinski definition) is 1. The fourth-order valence-electron chi connectivity index (χ4n) is 3.66. The number of aromatic nitrogens is 1. The van der Waals surface area contributed by atoms with Gasteiger partial charge in [-0.15, -0.1) is 0 Å². The van der Waals surface area contributed by atoms with Crippen LogP contribution in [0.5, 0.6) is 0 Å². The monoisotopic (exact) mass is 402 g/mol. The second-order valence-electron chi connectivity index (χ2n) is 7.04. The highest BCUT2D eigenvalue weighted by Gasteiger charge is 2.28. The van der Waals surface area contributed by atoms with Gasteiger partial charge in [0, 0.05) is 35.3 Å². The number of aromatic carboxylic acids is 1. The van der Waals surface area contributed by atoms with Crippen molar-refractivity contribution in [2.24, 2.45) is 4.99 Å². The number of hydrogen-bond acceptors (Lipinski definition) is 6. The van der Waals surface area contributed by atoms with Crippen LogP contribution in [0.1, 0.15) is 22.8 Å². The van der Waals surface area contributed by atoms with Crippen LogP contribution in [-0.4, -0.2) is 33.2 Å². The molecule has 1 aliphatic rings. The topological polar surface area (TPSA) is 109 Å². The molecule has 0 radical (unpaired) electrons. The fourth-order valence-corrected chi connectivity index (χ4v) is 3.66. The van der Waals surface area contributed by atoms with E-state index in [1.165, 1.54) is 18.2 Å². The van der Waals surface area contributed by atoms with Gasteiger partial charge in [0.1, 0.15) is 0 Å². The first-order valence-corrected chi connectivity index (χ1v) is 9.25. The van der Waals surface area contributed by atoms with Crippen molar-refractivity contribution in [3.05, 3.63) is 76.0 Å². The number of carboxylic acid groups (broad SMARTS) is 1. The molecule has 4 rings (SSSR count). The van der Waals surface area contributed by atoms with Gasteiger partial charge < -0.3 is 10.0 Å². The van der Waals surface area contributed by atoms with Crippen molar-refractivity contribution < 1.29 is 14.8 Å². The minimum Gasteiger partial charge on any atom is -0.478 e. The van der Waals surface area contributed by atoms with Gasteiger partial charge >= 0.3 is 5.97 Å². The Labute approximate surface area is 172 Å². The summed E-state index contributed by atoms with van der Waals surface area (Å²) in [7, 11) is 0. The molecule has 0 atom stereocenters. The molecule has 8 heteroatoms. The van der Waals surface area contributed by atoms with Crippen molar-refractivity contribution >= 4 is 34.4 Å². The highest BCUT2D eigenvalue weighted by Crippen LogP contribution is 2.46. The summed E-state index contributed by atoms with van der Waals surface area (Å²) in [6, 6.07) is 13.2.